The first-order chi connectivity index (χ1) is 11.5. The third-order valence-corrected chi connectivity index (χ3v) is 4.92. The van der Waals surface area contributed by atoms with Crippen molar-refractivity contribution in [2.24, 2.45) is 18.7 Å². The van der Waals surface area contributed by atoms with Crippen LogP contribution >= 0.6 is 0 Å². The summed E-state index contributed by atoms with van der Waals surface area (Å²) in [5, 5.41) is 5.68. The number of aromatic nitrogens is 2. The van der Waals surface area contributed by atoms with Crippen LogP contribution in [0.1, 0.15) is 25.5 Å². The van der Waals surface area contributed by atoms with Gasteiger partial charge in [0.15, 0.2) is 0 Å². The highest BCUT2D eigenvalue weighted by Gasteiger charge is 2.29. The molecule has 1 aliphatic rings. The zero-order valence-corrected chi connectivity index (χ0v) is 14.2. The summed E-state index contributed by atoms with van der Waals surface area (Å²) in [5.74, 6) is 0.632. The lowest BCUT2D eigenvalue weighted by atomic mass is 9.92. The van der Waals surface area contributed by atoms with Gasteiger partial charge in [-0.2, -0.15) is 5.10 Å². The lowest BCUT2D eigenvalue weighted by Crippen LogP contribution is -2.49. The fraction of sp³-hybridized carbons (Fsp3) is 0.500. The summed E-state index contributed by atoms with van der Waals surface area (Å²) < 4.78 is 1.31. The molecular formula is C18H24N4O2. The summed E-state index contributed by atoms with van der Waals surface area (Å²) in [6, 6.07) is 7.41. The van der Waals surface area contributed by atoms with Crippen LogP contribution in [0, 0.1) is 5.92 Å². The first-order valence-electron chi connectivity index (χ1n) is 8.45. The smallest absolute Gasteiger partial charge is 0.274 e. The predicted molar refractivity (Wildman–Crippen MR) is 93.6 cm³/mol. The summed E-state index contributed by atoms with van der Waals surface area (Å²) in [6.45, 7) is 3.43. The molecule has 0 spiro atoms. The number of benzene rings is 1. The van der Waals surface area contributed by atoms with Gasteiger partial charge >= 0.3 is 0 Å². The fourth-order valence-corrected chi connectivity index (χ4v) is 3.55. The molecule has 1 aromatic heterocycles. The Morgan fingerprint density at radius 1 is 1.33 bits per heavy atom. The fourth-order valence-electron chi connectivity index (χ4n) is 3.55. The third-order valence-electron chi connectivity index (χ3n) is 4.92. The Hall–Kier alpha value is -2.21. The number of hydrogen-bond donors (Lipinski definition) is 1. The second kappa shape index (κ2) is 6.73. The van der Waals surface area contributed by atoms with Crippen LogP contribution < -0.4 is 11.3 Å². The number of carbonyl (C=O) groups is 1. The maximum absolute atomic E-state index is 12.8. The zero-order valence-electron chi connectivity index (χ0n) is 14.2. The molecule has 1 saturated heterocycles. The van der Waals surface area contributed by atoms with Gasteiger partial charge in [-0.15, -0.1) is 0 Å². The number of piperidine rings is 1. The van der Waals surface area contributed by atoms with Crippen molar-refractivity contribution in [3.8, 4) is 0 Å². The summed E-state index contributed by atoms with van der Waals surface area (Å²) in [4.78, 5) is 26.9. The second-order valence-electron chi connectivity index (χ2n) is 6.70. The van der Waals surface area contributed by atoms with Gasteiger partial charge in [0.25, 0.3) is 5.56 Å². The van der Waals surface area contributed by atoms with Gasteiger partial charge in [-0.3, -0.25) is 9.59 Å². The number of rotatable bonds is 3. The van der Waals surface area contributed by atoms with Crippen molar-refractivity contribution >= 4 is 16.7 Å². The van der Waals surface area contributed by atoms with Crippen molar-refractivity contribution in [1.82, 2.24) is 14.7 Å². The van der Waals surface area contributed by atoms with Crippen molar-refractivity contribution in [3.05, 3.63) is 40.3 Å². The lowest BCUT2D eigenvalue weighted by molar-refractivity contribution is -0.134. The monoisotopic (exact) mass is 328 g/mol. The summed E-state index contributed by atoms with van der Waals surface area (Å²) in [6.07, 6.45) is 2.15. The van der Waals surface area contributed by atoms with Crippen molar-refractivity contribution in [2.45, 2.75) is 32.2 Å². The van der Waals surface area contributed by atoms with E-state index in [4.69, 9.17) is 5.73 Å². The topological polar surface area (TPSA) is 81.2 Å². The van der Waals surface area contributed by atoms with Crippen LogP contribution in [0.5, 0.6) is 0 Å². The molecular weight excluding hydrogens is 304 g/mol. The molecule has 1 aromatic carbocycles. The highest BCUT2D eigenvalue weighted by atomic mass is 16.2. The van der Waals surface area contributed by atoms with E-state index in [0.717, 1.165) is 24.8 Å². The van der Waals surface area contributed by atoms with Crippen molar-refractivity contribution in [2.75, 3.05) is 13.1 Å². The minimum absolute atomic E-state index is 0.0358. The highest BCUT2D eigenvalue weighted by Crippen LogP contribution is 2.23. The van der Waals surface area contributed by atoms with E-state index in [2.05, 4.69) is 12.0 Å². The van der Waals surface area contributed by atoms with Crippen LogP contribution in [0.15, 0.2) is 29.1 Å². The first kappa shape index (κ1) is 16.6. The van der Waals surface area contributed by atoms with Crippen LogP contribution in [0.2, 0.25) is 0 Å². The lowest BCUT2D eigenvalue weighted by Gasteiger charge is -2.38. The Morgan fingerprint density at radius 3 is 2.75 bits per heavy atom. The molecule has 128 valence electrons. The van der Waals surface area contributed by atoms with Gasteiger partial charge in [-0.1, -0.05) is 25.1 Å². The molecule has 0 aliphatic carbocycles. The Morgan fingerprint density at radius 2 is 2.04 bits per heavy atom. The van der Waals surface area contributed by atoms with E-state index in [-0.39, 0.29) is 23.9 Å². The molecule has 2 atom stereocenters. The van der Waals surface area contributed by atoms with Gasteiger partial charge in [-0.05, 0) is 24.8 Å². The molecule has 1 fully saturated rings. The number of fused-ring (bicyclic) bond motifs is 1. The van der Waals surface area contributed by atoms with Gasteiger partial charge in [0.1, 0.15) is 0 Å². The van der Waals surface area contributed by atoms with Crippen LogP contribution in [0.25, 0.3) is 10.8 Å². The Labute approximate surface area is 141 Å². The van der Waals surface area contributed by atoms with E-state index in [1.54, 1.807) is 13.1 Å². The molecule has 0 radical (unpaired) electrons. The quantitative estimate of drug-likeness (QED) is 0.913. The van der Waals surface area contributed by atoms with Crippen molar-refractivity contribution in [3.63, 3.8) is 0 Å². The summed E-state index contributed by atoms with van der Waals surface area (Å²) in [5.41, 5.74) is 6.37. The SMILES string of the molecule is CC1CCN(C(=O)Cc2nn(C)c(=O)c3ccccc23)C(CN)C1. The van der Waals surface area contributed by atoms with Crippen LogP contribution in [0.3, 0.4) is 0 Å². The highest BCUT2D eigenvalue weighted by molar-refractivity contribution is 5.88. The van der Waals surface area contributed by atoms with Crippen LogP contribution in [-0.4, -0.2) is 39.7 Å². The molecule has 24 heavy (non-hydrogen) atoms. The molecule has 6 nitrogen and oxygen atoms in total. The van der Waals surface area contributed by atoms with Gasteiger partial charge in [0.2, 0.25) is 5.91 Å². The molecule has 2 heterocycles. The van der Waals surface area contributed by atoms with E-state index >= 15 is 0 Å². The molecule has 1 aliphatic heterocycles. The minimum Gasteiger partial charge on any atom is -0.338 e. The Balaban J connectivity index is 1.91. The number of amides is 1. The standard InChI is InChI=1S/C18H24N4O2/c1-12-7-8-22(13(9-12)11-19)17(23)10-16-14-5-3-4-6-15(14)18(24)21(2)20-16/h3-6,12-13H,7-11,19H2,1-2H3. The average Bonchev–Trinajstić information content (AvgIpc) is 2.59. The molecule has 2 aromatic rings. The number of hydrogen-bond acceptors (Lipinski definition) is 4. The largest absolute Gasteiger partial charge is 0.338 e. The number of aryl methyl sites for hydroxylation is 1. The van der Waals surface area contributed by atoms with E-state index < -0.39 is 0 Å². The van der Waals surface area contributed by atoms with Gasteiger partial charge in [-0.25, -0.2) is 4.68 Å². The van der Waals surface area contributed by atoms with E-state index in [9.17, 15) is 9.59 Å². The zero-order chi connectivity index (χ0) is 17.3. The molecule has 0 bridgehead atoms. The van der Waals surface area contributed by atoms with E-state index in [1.807, 2.05) is 23.1 Å². The van der Waals surface area contributed by atoms with Crippen molar-refractivity contribution in [1.29, 1.82) is 0 Å². The molecule has 2 unspecified atom stereocenters. The predicted octanol–water partition coefficient (Wildman–Crippen LogP) is 1.06. The molecule has 3 rings (SSSR count). The van der Waals surface area contributed by atoms with Gasteiger partial charge < -0.3 is 10.6 Å². The number of nitrogens with two attached hydrogens (primary N) is 1. The first-order valence-corrected chi connectivity index (χ1v) is 8.45. The van der Waals surface area contributed by atoms with Crippen LogP contribution in [0.4, 0.5) is 0 Å². The number of nitrogens with zero attached hydrogens (tertiary/aromatic N) is 3. The van der Waals surface area contributed by atoms with E-state index in [0.29, 0.717) is 23.5 Å². The molecule has 0 saturated carbocycles. The Bertz CT molecular complexity index is 814. The third kappa shape index (κ3) is 3.06. The maximum Gasteiger partial charge on any atom is 0.274 e. The Kier molecular flexibility index (Phi) is 4.66. The summed E-state index contributed by atoms with van der Waals surface area (Å²) in [7, 11) is 1.62. The normalized spacial score (nSPS) is 21.2. The average molecular weight is 328 g/mol. The maximum atomic E-state index is 12.8. The van der Waals surface area contributed by atoms with E-state index in [1.165, 1.54) is 4.68 Å². The minimum atomic E-state index is -0.145. The van der Waals surface area contributed by atoms with Crippen molar-refractivity contribution < 1.29 is 4.79 Å². The number of carbonyl (C=O) groups excluding carboxylic acids is 1. The number of likely N-dealkylation sites (tertiary alicyclic amines) is 1. The van der Waals surface area contributed by atoms with Gasteiger partial charge in [0, 0.05) is 31.6 Å². The van der Waals surface area contributed by atoms with Crippen LogP contribution in [-0.2, 0) is 18.3 Å². The van der Waals surface area contributed by atoms with Gasteiger partial charge in [0.05, 0.1) is 17.5 Å². The molecule has 6 heteroatoms. The molecule has 2 N–H and O–H groups in total. The summed E-state index contributed by atoms with van der Waals surface area (Å²) >= 11 is 0. The second-order valence-corrected chi connectivity index (χ2v) is 6.70. The molecule has 1 amide bonds.